The van der Waals surface area contributed by atoms with Gasteiger partial charge in [0.05, 0.1) is 16.8 Å². The molecular weight excluding hydrogens is 717 g/mol. The predicted octanol–water partition coefficient (Wildman–Crippen LogP) is 13.9. The molecule has 0 radical (unpaired) electrons. The SMILES string of the molecule is CC1(C)c2ccccc2C2(c3ccccc3Oc3ccccc32)c2cc(-c3ccccc3-c3cc(-c4ccccc4)nc(-c4cccc(-c5ccccc5)c4)n3)ccc21. The van der Waals surface area contributed by atoms with Gasteiger partial charge in [0.1, 0.15) is 11.5 Å². The molecule has 280 valence electrons. The van der Waals surface area contributed by atoms with Crippen molar-refractivity contribution < 1.29 is 4.74 Å². The van der Waals surface area contributed by atoms with E-state index in [0.29, 0.717) is 5.82 Å². The van der Waals surface area contributed by atoms with Crippen LogP contribution in [-0.2, 0) is 10.8 Å². The second kappa shape index (κ2) is 13.6. The number of nitrogens with zero attached hydrogens (tertiary/aromatic N) is 2. The highest BCUT2D eigenvalue weighted by atomic mass is 16.5. The normalized spacial score (nSPS) is 14.0. The third kappa shape index (κ3) is 5.50. The van der Waals surface area contributed by atoms with Crippen molar-refractivity contribution >= 4 is 0 Å². The molecule has 8 aromatic carbocycles. The first-order chi connectivity index (χ1) is 29.0. The first-order valence-corrected chi connectivity index (χ1v) is 20.3. The highest BCUT2D eigenvalue weighted by Crippen LogP contribution is 2.61. The van der Waals surface area contributed by atoms with Gasteiger partial charge >= 0.3 is 0 Å². The molecule has 0 N–H and O–H groups in total. The fraction of sp³-hybridized carbons (Fsp3) is 0.0714. The molecule has 0 fully saturated rings. The molecule has 2 heterocycles. The molecule has 11 rings (SSSR count). The molecule has 3 heteroatoms. The lowest BCUT2D eigenvalue weighted by Crippen LogP contribution is -2.43. The van der Waals surface area contributed by atoms with Crippen LogP contribution < -0.4 is 4.74 Å². The van der Waals surface area contributed by atoms with E-state index in [1.807, 2.05) is 12.1 Å². The number of para-hydroxylation sites is 2. The van der Waals surface area contributed by atoms with Gasteiger partial charge in [-0.15, -0.1) is 0 Å². The second-order valence-electron chi connectivity index (χ2n) is 16.1. The summed E-state index contributed by atoms with van der Waals surface area (Å²) in [5.74, 6) is 2.46. The Morgan fingerprint density at radius 2 is 0.864 bits per heavy atom. The van der Waals surface area contributed by atoms with Crippen molar-refractivity contribution in [1.82, 2.24) is 9.97 Å². The number of hydrogen-bond acceptors (Lipinski definition) is 3. The van der Waals surface area contributed by atoms with E-state index in [1.165, 1.54) is 22.3 Å². The van der Waals surface area contributed by atoms with E-state index in [9.17, 15) is 0 Å². The summed E-state index contributed by atoms with van der Waals surface area (Å²) < 4.78 is 6.69. The number of rotatable bonds is 5. The molecule has 3 nitrogen and oxygen atoms in total. The van der Waals surface area contributed by atoms with Gasteiger partial charge in [-0.05, 0) is 74.8 Å². The van der Waals surface area contributed by atoms with E-state index in [-0.39, 0.29) is 5.41 Å². The van der Waals surface area contributed by atoms with Crippen molar-refractivity contribution in [2.45, 2.75) is 24.7 Å². The number of aromatic nitrogens is 2. The average Bonchev–Trinajstić information content (AvgIpc) is 3.31. The summed E-state index contributed by atoms with van der Waals surface area (Å²) in [4.78, 5) is 10.6. The standard InChI is InChI=1S/C56H40N2O/c1-55(2)44-26-11-12-27-46(44)56(47-28-13-15-30-52(47)59-53-31-16-14-29-48(53)56)49-35-40(32-33-45(49)55)42-24-9-10-25-43(42)51-36-50(38-20-7-4-8-21-38)57-54(58-51)41-23-17-22-39(34-41)37-18-5-3-6-19-37/h3-36H,1-2H3. The lowest BCUT2D eigenvalue weighted by Gasteiger charge is -2.50. The van der Waals surface area contributed by atoms with Gasteiger partial charge in [0.2, 0.25) is 0 Å². The third-order valence-corrected chi connectivity index (χ3v) is 12.4. The maximum Gasteiger partial charge on any atom is 0.160 e. The summed E-state index contributed by atoms with van der Waals surface area (Å²) >= 11 is 0. The molecule has 0 atom stereocenters. The molecular formula is C56H40N2O. The van der Waals surface area contributed by atoms with Crippen molar-refractivity contribution in [1.29, 1.82) is 0 Å². The van der Waals surface area contributed by atoms with Crippen LogP contribution in [0.2, 0.25) is 0 Å². The van der Waals surface area contributed by atoms with Crippen LogP contribution in [0.3, 0.4) is 0 Å². The van der Waals surface area contributed by atoms with Gasteiger partial charge in [-0.2, -0.15) is 0 Å². The van der Waals surface area contributed by atoms with Crippen molar-refractivity contribution in [3.05, 3.63) is 240 Å². The highest BCUT2D eigenvalue weighted by molar-refractivity contribution is 5.86. The second-order valence-corrected chi connectivity index (χ2v) is 16.1. The number of hydrogen-bond donors (Lipinski definition) is 0. The van der Waals surface area contributed by atoms with Crippen LogP contribution in [0.1, 0.15) is 47.2 Å². The van der Waals surface area contributed by atoms with Crippen molar-refractivity contribution in [3.8, 4) is 67.7 Å². The topological polar surface area (TPSA) is 35.0 Å². The maximum absolute atomic E-state index is 6.69. The largest absolute Gasteiger partial charge is 0.457 e. The molecule has 0 amide bonds. The first-order valence-electron chi connectivity index (χ1n) is 20.3. The van der Waals surface area contributed by atoms with E-state index in [2.05, 4.69) is 208 Å². The Labute approximate surface area is 345 Å². The van der Waals surface area contributed by atoms with Gasteiger partial charge < -0.3 is 4.74 Å². The minimum absolute atomic E-state index is 0.252. The lowest BCUT2D eigenvalue weighted by molar-refractivity contribution is 0.425. The molecule has 9 aromatic rings. The summed E-state index contributed by atoms with van der Waals surface area (Å²) in [5, 5.41) is 0. The number of ether oxygens (including phenoxy) is 1. The number of benzene rings is 8. The highest BCUT2D eigenvalue weighted by Gasteiger charge is 2.52. The summed E-state index contributed by atoms with van der Waals surface area (Å²) in [6.07, 6.45) is 0. The molecule has 1 aromatic heterocycles. The van der Waals surface area contributed by atoms with Gasteiger partial charge in [0.25, 0.3) is 0 Å². The molecule has 1 spiro atoms. The zero-order valence-corrected chi connectivity index (χ0v) is 32.9. The molecule has 1 aliphatic heterocycles. The number of fused-ring (bicyclic) bond motifs is 8. The molecule has 59 heavy (non-hydrogen) atoms. The van der Waals surface area contributed by atoms with Crippen LogP contribution in [0, 0.1) is 0 Å². The van der Waals surface area contributed by atoms with Crippen LogP contribution in [0.25, 0.3) is 56.2 Å². The zero-order chi connectivity index (χ0) is 39.6. The Morgan fingerprint density at radius 3 is 1.58 bits per heavy atom. The monoisotopic (exact) mass is 756 g/mol. The summed E-state index contributed by atoms with van der Waals surface area (Å²) in [5.41, 5.74) is 16.0. The Balaban J connectivity index is 1.14. The third-order valence-electron chi connectivity index (χ3n) is 12.4. The summed E-state index contributed by atoms with van der Waals surface area (Å²) in [6, 6.07) is 73.6. The smallest absolute Gasteiger partial charge is 0.160 e. The van der Waals surface area contributed by atoms with Gasteiger partial charge in [-0.1, -0.05) is 190 Å². The Hall–Kier alpha value is -7.36. The lowest BCUT2D eigenvalue weighted by atomic mass is 9.53. The van der Waals surface area contributed by atoms with Crippen molar-refractivity contribution in [2.75, 3.05) is 0 Å². The molecule has 0 bridgehead atoms. The molecule has 0 unspecified atom stereocenters. The minimum Gasteiger partial charge on any atom is -0.457 e. The van der Waals surface area contributed by atoms with E-state index >= 15 is 0 Å². The first kappa shape index (κ1) is 34.9. The maximum atomic E-state index is 6.69. The zero-order valence-electron chi connectivity index (χ0n) is 32.9. The predicted molar refractivity (Wildman–Crippen MR) is 240 cm³/mol. The van der Waals surface area contributed by atoms with E-state index < -0.39 is 5.41 Å². The Kier molecular flexibility index (Phi) is 8.06. The van der Waals surface area contributed by atoms with Gasteiger partial charge in [0, 0.05) is 33.2 Å². The fourth-order valence-electron chi connectivity index (χ4n) is 9.68. The van der Waals surface area contributed by atoms with Gasteiger partial charge in [-0.25, -0.2) is 9.97 Å². The van der Waals surface area contributed by atoms with Gasteiger partial charge in [-0.3, -0.25) is 0 Å². The van der Waals surface area contributed by atoms with E-state index in [0.717, 1.165) is 73.0 Å². The van der Waals surface area contributed by atoms with Crippen LogP contribution in [-0.4, -0.2) is 9.97 Å². The average molecular weight is 757 g/mol. The summed E-state index contributed by atoms with van der Waals surface area (Å²) in [7, 11) is 0. The molecule has 1 aliphatic carbocycles. The molecule has 0 saturated carbocycles. The minimum atomic E-state index is -0.607. The van der Waals surface area contributed by atoms with E-state index in [4.69, 9.17) is 14.7 Å². The Morgan fingerprint density at radius 1 is 0.339 bits per heavy atom. The van der Waals surface area contributed by atoms with Crippen molar-refractivity contribution in [3.63, 3.8) is 0 Å². The quantitative estimate of drug-likeness (QED) is 0.175. The molecule has 2 aliphatic rings. The van der Waals surface area contributed by atoms with E-state index in [1.54, 1.807) is 0 Å². The Bertz CT molecular complexity index is 3010. The molecule has 0 saturated heterocycles. The summed E-state index contributed by atoms with van der Waals surface area (Å²) in [6.45, 7) is 4.73. The van der Waals surface area contributed by atoms with Crippen LogP contribution >= 0.6 is 0 Å². The van der Waals surface area contributed by atoms with Gasteiger partial charge in [0.15, 0.2) is 5.82 Å². The van der Waals surface area contributed by atoms with Crippen LogP contribution in [0.5, 0.6) is 11.5 Å². The van der Waals surface area contributed by atoms with Crippen LogP contribution in [0.4, 0.5) is 0 Å². The fourth-order valence-corrected chi connectivity index (χ4v) is 9.68. The van der Waals surface area contributed by atoms with Crippen LogP contribution in [0.15, 0.2) is 206 Å². The van der Waals surface area contributed by atoms with Crippen molar-refractivity contribution in [2.24, 2.45) is 0 Å².